The van der Waals surface area contributed by atoms with E-state index in [1.807, 2.05) is 64.1 Å². The molecular formula is C25H29N3O3. The van der Waals surface area contributed by atoms with Gasteiger partial charge in [-0.15, -0.1) is 0 Å². The zero-order valence-corrected chi connectivity index (χ0v) is 18.7. The number of furan rings is 1. The Hall–Kier alpha value is -3.54. The number of hydrogen-bond acceptors (Lipinski definition) is 3. The Bertz CT molecular complexity index is 1090. The van der Waals surface area contributed by atoms with Crippen LogP contribution in [0.15, 0.2) is 53.2 Å². The van der Waals surface area contributed by atoms with Gasteiger partial charge in [-0.1, -0.05) is 18.2 Å². The van der Waals surface area contributed by atoms with Crippen LogP contribution in [0.2, 0.25) is 0 Å². The fraction of sp³-hybridized carbons (Fsp3) is 0.280. The third-order valence-corrected chi connectivity index (χ3v) is 5.41. The molecule has 0 atom stereocenters. The number of hydrogen-bond donors (Lipinski definition) is 1. The molecule has 3 aromatic rings. The molecule has 3 rings (SSSR count). The van der Waals surface area contributed by atoms with Crippen molar-refractivity contribution in [1.29, 1.82) is 0 Å². The summed E-state index contributed by atoms with van der Waals surface area (Å²) in [5.41, 5.74) is 5.88. The van der Waals surface area contributed by atoms with Gasteiger partial charge in [0.05, 0.1) is 19.4 Å². The number of nitrogens with zero attached hydrogens (tertiary/aromatic N) is 2. The van der Waals surface area contributed by atoms with Crippen LogP contribution in [0, 0.1) is 27.7 Å². The van der Waals surface area contributed by atoms with E-state index in [9.17, 15) is 9.59 Å². The fourth-order valence-electron chi connectivity index (χ4n) is 3.57. The number of anilines is 1. The Morgan fingerprint density at radius 1 is 1.10 bits per heavy atom. The first-order chi connectivity index (χ1) is 14.8. The quantitative estimate of drug-likeness (QED) is 0.575. The number of carbonyl (C=O) groups excluding carboxylic acids is 2. The average molecular weight is 420 g/mol. The lowest BCUT2D eigenvalue weighted by molar-refractivity contribution is -0.129. The number of carbonyl (C=O) groups is 2. The maximum absolute atomic E-state index is 12.5. The lowest BCUT2D eigenvalue weighted by Crippen LogP contribution is -2.34. The van der Waals surface area contributed by atoms with Gasteiger partial charge in [-0.25, -0.2) is 0 Å². The lowest BCUT2D eigenvalue weighted by Gasteiger charge is -2.16. The largest absolute Gasteiger partial charge is 0.467 e. The number of aromatic nitrogens is 1. The first-order valence-electron chi connectivity index (χ1n) is 10.2. The zero-order valence-electron chi connectivity index (χ0n) is 18.7. The molecular weight excluding hydrogens is 390 g/mol. The number of aryl methyl sites for hydroxylation is 3. The SMILES string of the molecule is Cc1cccc(C)c1NC(=O)CN(C)C(=O)/C=C/c1cc(C)n(Cc2ccco2)c1C. The molecule has 0 aliphatic carbocycles. The smallest absolute Gasteiger partial charge is 0.246 e. The molecule has 0 aliphatic rings. The molecule has 2 heterocycles. The summed E-state index contributed by atoms with van der Waals surface area (Å²) in [7, 11) is 1.62. The van der Waals surface area contributed by atoms with E-state index in [2.05, 4.69) is 9.88 Å². The predicted molar refractivity (Wildman–Crippen MR) is 123 cm³/mol. The number of rotatable bonds is 7. The number of likely N-dealkylation sites (N-methyl/N-ethyl adjacent to an activating group) is 1. The highest BCUT2D eigenvalue weighted by molar-refractivity contribution is 5.98. The Morgan fingerprint density at radius 2 is 1.81 bits per heavy atom. The van der Waals surface area contributed by atoms with E-state index in [1.54, 1.807) is 19.4 Å². The first-order valence-corrected chi connectivity index (χ1v) is 10.2. The van der Waals surface area contributed by atoms with Crippen LogP contribution >= 0.6 is 0 Å². The average Bonchev–Trinajstić information content (AvgIpc) is 3.33. The van der Waals surface area contributed by atoms with Crippen LogP contribution in [-0.2, 0) is 16.1 Å². The summed E-state index contributed by atoms with van der Waals surface area (Å²) in [4.78, 5) is 26.4. The Balaban J connectivity index is 1.62. The van der Waals surface area contributed by atoms with Gasteiger partial charge in [-0.3, -0.25) is 9.59 Å². The summed E-state index contributed by atoms with van der Waals surface area (Å²) in [5.74, 6) is 0.425. The van der Waals surface area contributed by atoms with E-state index in [-0.39, 0.29) is 18.4 Å². The second-order valence-electron chi connectivity index (χ2n) is 7.83. The number of benzene rings is 1. The van der Waals surface area contributed by atoms with E-state index in [0.717, 1.165) is 39.5 Å². The second kappa shape index (κ2) is 9.51. The van der Waals surface area contributed by atoms with Gasteiger partial charge < -0.3 is 19.2 Å². The van der Waals surface area contributed by atoms with Crippen LogP contribution in [0.1, 0.15) is 33.8 Å². The molecule has 2 amide bonds. The van der Waals surface area contributed by atoms with Gasteiger partial charge in [-0.2, -0.15) is 0 Å². The Labute approximate surface area is 183 Å². The zero-order chi connectivity index (χ0) is 22.5. The highest BCUT2D eigenvalue weighted by atomic mass is 16.3. The van der Waals surface area contributed by atoms with Crippen LogP contribution in [0.5, 0.6) is 0 Å². The first kappa shape index (κ1) is 22.2. The molecule has 1 N–H and O–H groups in total. The Morgan fingerprint density at radius 3 is 2.45 bits per heavy atom. The van der Waals surface area contributed by atoms with Gasteiger partial charge in [0.25, 0.3) is 0 Å². The molecule has 6 heteroatoms. The van der Waals surface area contributed by atoms with Gasteiger partial charge in [0.2, 0.25) is 11.8 Å². The third-order valence-electron chi connectivity index (χ3n) is 5.41. The molecule has 2 aromatic heterocycles. The summed E-state index contributed by atoms with van der Waals surface area (Å²) in [5, 5.41) is 2.91. The summed E-state index contributed by atoms with van der Waals surface area (Å²) in [6, 6.07) is 11.7. The van der Waals surface area contributed by atoms with Crippen LogP contribution < -0.4 is 5.32 Å². The minimum atomic E-state index is -0.229. The van der Waals surface area contributed by atoms with Crippen molar-refractivity contribution in [3.63, 3.8) is 0 Å². The predicted octanol–water partition coefficient (Wildman–Crippen LogP) is 4.47. The fourth-order valence-corrected chi connectivity index (χ4v) is 3.57. The Kier molecular flexibility index (Phi) is 6.80. The van der Waals surface area contributed by atoms with Crippen molar-refractivity contribution in [2.24, 2.45) is 0 Å². The highest BCUT2D eigenvalue weighted by Crippen LogP contribution is 2.20. The minimum Gasteiger partial charge on any atom is -0.467 e. The number of para-hydroxylation sites is 1. The molecule has 0 spiro atoms. The summed E-state index contributed by atoms with van der Waals surface area (Å²) in [6.07, 6.45) is 4.96. The van der Waals surface area contributed by atoms with Gasteiger partial charge >= 0.3 is 0 Å². The van der Waals surface area contributed by atoms with Crippen LogP contribution in [-0.4, -0.2) is 34.9 Å². The van der Waals surface area contributed by atoms with Crippen molar-refractivity contribution in [2.75, 3.05) is 18.9 Å². The van der Waals surface area contributed by atoms with Crippen LogP contribution in [0.3, 0.4) is 0 Å². The molecule has 1 aromatic carbocycles. The normalized spacial score (nSPS) is 11.1. The lowest BCUT2D eigenvalue weighted by atomic mass is 10.1. The molecule has 0 aliphatic heterocycles. The van der Waals surface area contributed by atoms with Gasteiger partial charge in [0, 0.05) is 30.2 Å². The molecule has 0 fully saturated rings. The van der Waals surface area contributed by atoms with Gasteiger partial charge in [-0.05, 0) is 68.7 Å². The molecule has 0 saturated carbocycles. The summed E-state index contributed by atoms with van der Waals surface area (Å²) in [6.45, 7) is 8.56. The molecule has 31 heavy (non-hydrogen) atoms. The van der Waals surface area contributed by atoms with E-state index in [4.69, 9.17) is 4.42 Å². The molecule has 0 radical (unpaired) electrons. The summed E-state index contributed by atoms with van der Waals surface area (Å²) < 4.78 is 7.59. The molecule has 0 unspecified atom stereocenters. The van der Waals surface area contributed by atoms with Crippen LogP contribution in [0.4, 0.5) is 5.69 Å². The van der Waals surface area contributed by atoms with Crippen molar-refractivity contribution < 1.29 is 14.0 Å². The maximum atomic E-state index is 12.5. The molecule has 0 bridgehead atoms. The van der Waals surface area contributed by atoms with Crippen molar-refractivity contribution in [1.82, 2.24) is 9.47 Å². The van der Waals surface area contributed by atoms with Crippen LogP contribution in [0.25, 0.3) is 6.08 Å². The highest BCUT2D eigenvalue weighted by Gasteiger charge is 2.14. The van der Waals surface area contributed by atoms with E-state index < -0.39 is 0 Å². The molecule has 0 saturated heterocycles. The third kappa shape index (κ3) is 5.34. The van der Waals surface area contributed by atoms with Gasteiger partial charge in [0.1, 0.15) is 5.76 Å². The van der Waals surface area contributed by atoms with Gasteiger partial charge in [0.15, 0.2) is 0 Å². The summed E-state index contributed by atoms with van der Waals surface area (Å²) >= 11 is 0. The second-order valence-corrected chi connectivity index (χ2v) is 7.83. The minimum absolute atomic E-state index is 0.0194. The standard InChI is InChI=1S/C25H29N3O3/c1-17-8-6-9-18(2)25(17)26-23(29)16-27(5)24(30)12-11-21-14-19(3)28(20(21)4)15-22-10-7-13-31-22/h6-14H,15-16H2,1-5H3,(H,26,29)/b12-11+. The maximum Gasteiger partial charge on any atom is 0.246 e. The van der Waals surface area contributed by atoms with Crippen molar-refractivity contribution in [2.45, 2.75) is 34.2 Å². The van der Waals surface area contributed by atoms with E-state index in [1.165, 1.54) is 11.0 Å². The number of nitrogens with one attached hydrogen (secondary N) is 1. The monoisotopic (exact) mass is 419 g/mol. The number of amides is 2. The van der Waals surface area contributed by atoms with Crippen molar-refractivity contribution >= 4 is 23.6 Å². The van der Waals surface area contributed by atoms with Crippen molar-refractivity contribution in [3.05, 3.63) is 82.6 Å². The topological polar surface area (TPSA) is 67.5 Å². The van der Waals surface area contributed by atoms with E-state index in [0.29, 0.717) is 6.54 Å². The molecule has 162 valence electrons. The van der Waals surface area contributed by atoms with Crippen molar-refractivity contribution in [3.8, 4) is 0 Å². The molecule has 6 nitrogen and oxygen atoms in total. The van der Waals surface area contributed by atoms with E-state index >= 15 is 0 Å².